The number of fused-ring (bicyclic) bond motifs is 1. The van der Waals surface area contributed by atoms with Gasteiger partial charge in [0.2, 0.25) is 0 Å². The predicted molar refractivity (Wildman–Crippen MR) is 59.6 cm³/mol. The largest absolute Gasteiger partial charge is 0.509 e. The topological polar surface area (TPSA) is 65.0 Å². The second-order valence-corrected chi connectivity index (χ2v) is 5.02. The Labute approximate surface area is 100 Å². The summed E-state index contributed by atoms with van der Waals surface area (Å²) in [4.78, 5) is 11.2. The molecular formula is C12H18O5. The minimum atomic E-state index is -0.838. The number of hydrogen-bond acceptors (Lipinski definition) is 5. The van der Waals surface area contributed by atoms with Gasteiger partial charge >= 0.3 is 6.16 Å². The van der Waals surface area contributed by atoms with Crippen LogP contribution in [0.3, 0.4) is 0 Å². The molecule has 0 aliphatic carbocycles. The molecule has 0 unspecified atom stereocenters. The number of rotatable bonds is 1. The van der Waals surface area contributed by atoms with Crippen LogP contribution in [0.25, 0.3) is 0 Å². The van der Waals surface area contributed by atoms with Crippen LogP contribution >= 0.6 is 0 Å². The van der Waals surface area contributed by atoms with Gasteiger partial charge in [0.05, 0.1) is 6.10 Å². The van der Waals surface area contributed by atoms with Crippen molar-refractivity contribution in [2.45, 2.75) is 50.1 Å². The van der Waals surface area contributed by atoms with Crippen LogP contribution in [-0.4, -0.2) is 41.3 Å². The second kappa shape index (κ2) is 3.99. The Hall–Kier alpha value is -1.07. The Balaban J connectivity index is 2.26. The van der Waals surface area contributed by atoms with Gasteiger partial charge in [-0.05, 0) is 26.7 Å². The molecule has 96 valence electrons. The molecule has 2 heterocycles. The average molecular weight is 242 g/mol. The maximum Gasteiger partial charge on any atom is 0.509 e. The molecule has 4 atom stereocenters. The van der Waals surface area contributed by atoms with Crippen molar-refractivity contribution in [3.8, 4) is 0 Å². The molecule has 1 N–H and O–H groups in total. The summed E-state index contributed by atoms with van der Waals surface area (Å²) in [6, 6.07) is 0. The first-order valence-corrected chi connectivity index (χ1v) is 5.75. The number of aliphatic hydroxyl groups is 1. The lowest BCUT2D eigenvalue weighted by atomic mass is 9.90. The first kappa shape index (κ1) is 12.4. The summed E-state index contributed by atoms with van der Waals surface area (Å²) in [5.74, 6) is 0. The van der Waals surface area contributed by atoms with E-state index in [-0.39, 0.29) is 12.7 Å². The van der Waals surface area contributed by atoms with E-state index >= 15 is 0 Å². The first-order chi connectivity index (χ1) is 7.89. The molecule has 0 saturated carbocycles. The van der Waals surface area contributed by atoms with Gasteiger partial charge in [-0.2, -0.15) is 0 Å². The molecule has 2 aliphatic heterocycles. The number of cyclic esters (lactones) is 1. The monoisotopic (exact) mass is 242 g/mol. The minimum absolute atomic E-state index is 0.144. The molecule has 17 heavy (non-hydrogen) atoms. The lowest BCUT2D eigenvalue weighted by molar-refractivity contribution is -0.202. The van der Waals surface area contributed by atoms with E-state index in [0.717, 1.165) is 0 Å². The number of carbonyl (C=O) groups excluding carboxylic acids is 1. The van der Waals surface area contributed by atoms with Crippen molar-refractivity contribution < 1.29 is 24.1 Å². The van der Waals surface area contributed by atoms with Gasteiger partial charge in [0.1, 0.15) is 23.9 Å². The minimum Gasteiger partial charge on any atom is -0.431 e. The van der Waals surface area contributed by atoms with Crippen LogP contribution in [0.5, 0.6) is 0 Å². The van der Waals surface area contributed by atoms with Crippen molar-refractivity contribution in [3.05, 3.63) is 12.7 Å². The Bertz CT molecular complexity index is 342. The van der Waals surface area contributed by atoms with Crippen LogP contribution in [0.15, 0.2) is 12.7 Å². The maximum absolute atomic E-state index is 11.2. The molecule has 2 saturated heterocycles. The molecular weight excluding hydrogens is 224 g/mol. The summed E-state index contributed by atoms with van der Waals surface area (Å²) in [6.07, 6.45) is 0.880. The molecule has 0 bridgehead atoms. The SMILES string of the molecule is C=C[C@@]1(C)O[C@H]2COC(=O)O[C@]2(C)CC[C@@H]1O. The highest BCUT2D eigenvalue weighted by atomic mass is 16.8. The van der Waals surface area contributed by atoms with E-state index in [2.05, 4.69) is 6.58 Å². The standard InChI is InChI=1S/C12H18O5/c1-4-11(2)8(13)5-6-12(3)9(16-11)7-15-10(14)17-12/h4,8-9,13H,1,5-7H2,2-3H3/t8-,9-,11+,12+/m0/s1. The summed E-state index contributed by atoms with van der Waals surface area (Å²) >= 11 is 0. The van der Waals surface area contributed by atoms with Gasteiger partial charge in [0, 0.05) is 0 Å². The van der Waals surface area contributed by atoms with Crippen LogP contribution in [0, 0.1) is 0 Å². The highest BCUT2D eigenvalue weighted by Crippen LogP contribution is 2.38. The zero-order valence-electron chi connectivity index (χ0n) is 10.1. The molecule has 0 aromatic heterocycles. The van der Waals surface area contributed by atoms with Crippen LogP contribution in [0.2, 0.25) is 0 Å². The smallest absolute Gasteiger partial charge is 0.431 e. The van der Waals surface area contributed by atoms with Crippen molar-refractivity contribution in [1.29, 1.82) is 0 Å². The fourth-order valence-electron chi connectivity index (χ4n) is 2.26. The molecule has 0 radical (unpaired) electrons. The fourth-order valence-corrected chi connectivity index (χ4v) is 2.26. The van der Waals surface area contributed by atoms with Crippen LogP contribution < -0.4 is 0 Å². The van der Waals surface area contributed by atoms with E-state index in [0.29, 0.717) is 12.8 Å². The summed E-state index contributed by atoms with van der Waals surface area (Å²) < 4.78 is 15.9. The highest BCUT2D eigenvalue weighted by Gasteiger charge is 2.51. The number of ether oxygens (including phenoxy) is 3. The zero-order valence-corrected chi connectivity index (χ0v) is 10.1. The Morgan fingerprint density at radius 1 is 1.53 bits per heavy atom. The quantitative estimate of drug-likeness (QED) is 0.556. The van der Waals surface area contributed by atoms with Crippen LogP contribution in [0.4, 0.5) is 4.79 Å². The maximum atomic E-state index is 11.2. The molecule has 2 aliphatic rings. The third kappa shape index (κ3) is 2.05. The zero-order chi connectivity index (χ0) is 12.7. The van der Waals surface area contributed by atoms with Gasteiger partial charge in [-0.1, -0.05) is 6.08 Å². The third-order valence-corrected chi connectivity index (χ3v) is 3.73. The molecule has 2 rings (SSSR count). The number of carbonyl (C=O) groups is 1. The Morgan fingerprint density at radius 2 is 2.24 bits per heavy atom. The van der Waals surface area contributed by atoms with Crippen molar-refractivity contribution in [3.63, 3.8) is 0 Å². The fraction of sp³-hybridized carbons (Fsp3) is 0.750. The number of aliphatic hydroxyl groups excluding tert-OH is 1. The molecule has 0 spiro atoms. The van der Waals surface area contributed by atoms with E-state index in [1.54, 1.807) is 19.9 Å². The lowest BCUT2D eigenvalue weighted by Crippen LogP contribution is -2.53. The molecule has 5 nitrogen and oxygen atoms in total. The Kier molecular flexibility index (Phi) is 2.91. The van der Waals surface area contributed by atoms with Gasteiger partial charge < -0.3 is 19.3 Å². The molecule has 0 aromatic carbocycles. The normalized spacial score (nSPS) is 46.2. The summed E-state index contributed by atoms with van der Waals surface area (Å²) in [6.45, 7) is 7.41. The average Bonchev–Trinajstić information content (AvgIpc) is 2.38. The lowest BCUT2D eigenvalue weighted by Gasteiger charge is -2.40. The molecule has 5 heteroatoms. The van der Waals surface area contributed by atoms with E-state index in [1.165, 1.54) is 0 Å². The van der Waals surface area contributed by atoms with E-state index in [9.17, 15) is 9.90 Å². The van der Waals surface area contributed by atoms with E-state index in [4.69, 9.17) is 14.2 Å². The molecule has 0 aromatic rings. The van der Waals surface area contributed by atoms with Gasteiger partial charge in [0.25, 0.3) is 0 Å². The van der Waals surface area contributed by atoms with Crippen molar-refractivity contribution >= 4 is 6.16 Å². The predicted octanol–water partition coefficient (Wildman–Crippen LogP) is 1.40. The van der Waals surface area contributed by atoms with Crippen molar-refractivity contribution in [1.82, 2.24) is 0 Å². The van der Waals surface area contributed by atoms with Gasteiger partial charge in [-0.15, -0.1) is 6.58 Å². The highest BCUT2D eigenvalue weighted by molar-refractivity contribution is 5.61. The van der Waals surface area contributed by atoms with Crippen molar-refractivity contribution in [2.24, 2.45) is 0 Å². The summed E-state index contributed by atoms with van der Waals surface area (Å²) in [5.41, 5.74) is -1.58. The van der Waals surface area contributed by atoms with Gasteiger partial charge in [-0.3, -0.25) is 0 Å². The third-order valence-electron chi connectivity index (χ3n) is 3.73. The van der Waals surface area contributed by atoms with Crippen molar-refractivity contribution in [2.75, 3.05) is 6.61 Å². The van der Waals surface area contributed by atoms with Gasteiger partial charge in [0.15, 0.2) is 0 Å². The van der Waals surface area contributed by atoms with E-state index in [1.807, 2.05) is 0 Å². The number of hydrogen-bond donors (Lipinski definition) is 1. The van der Waals surface area contributed by atoms with Gasteiger partial charge in [-0.25, -0.2) is 4.79 Å². The van der Waals surface area contributed by atoms with Crippen LogP contribution in [0.1, 0.15) is 26.7 Å². The first-order valence-electron chi connectivity index (χ1n) is 5.75. The molecule has 2 fully saturated rings. The molecule has 0 amide bonds. The van der Waals surface area contributed by atoms with Crippen LogP contribution in [-0.2, 0) is 14.2 Å². The summed E-state index contributed by atoms with van der Waals surface area (Å²) in [7, 11) is 0. The second-order valence-electron chi connectivity index (χ2n) is 5.02. The summed E-state index contributed by atoms with van der Waals surface area (Å²) in [5, 5.41) is 10.1. The Morgan fingerprint density at radius 3 is 2.88 bits per heavy atom. The van der Waals surface area contributed by atoms with E-state index < -0.39 is 23.5 Å².